The molecule has 1 heterocycles. The van der Waals surface area contributed by atoms with Crippen LogP contribution < -0.4 is 10.1 Å². The highest BCUT2D eigenvalue weighted by Crippen LogP contribution is 2.32. The van der Waals surface area contributed by atoms with Gasteiger partial charge in [-0.05, 0) is 55.3 Å². The number of carbonyl (C=O) groups excluding carboxylic acids is 2. The van der Waals surface area contributed by atoms with Gasteiger partial charge in [0.1, 0.15) is 11.4 Å². The first kappa shape index (κ1) is 23.6. The smallest absolute Gasteiger partial charge is 0.406 e. The van der Waals surface area contributed by atoms with Crippen LogP contribution in [-0.4, -0.2) is 42.8 Å². The van der Waals surface area contributed by atoms with E-state index in [9.17, 15) is 22.8 Å². The van der Waals surface area contributed by atoms with Gasteiger partial charge in [-0.3, -0.25) is 14.5 Å². The molecule has 2 aromatic carbocycles. The number of amides is 2. The van der Waals surface area contributed by atoms with Crippen molar-refractivity contribution in [2.75, 3.05) is 25.1 Å². The molecule has 0 unspecified atom stereocenters. The number of rotatable bonds is 9. The average molecular weight is 469 g/mol. The number of carbonyl (C=O) groups is 2. The molecule has 2 amide bonds. The molecule has 32 heavy (non-hydrogen) atoms. The summed E-state index contributed by atoms with van der Waals surface area (Å²) in [5.74, 6) is -1.42. The van der Waals surface area contributed by atoms with Gasteiger partial charge < -0.3 is 14.8 Å². The van der Waals surface area contributed by atoms with Crippen molar-refractivity contribution in [2.45, 2.75) is 19.7 Å². The van der Waals surface area contributed by atoms with Crippen LogP contribution in [0, 0.1) is 0 Å². The van der Waals surface area contributed by atoms with Crippen LogP contribution in [0.3, 0.4) is 0 Å². The second-order valence-electron chi connectivity index (χ2n) is 6.77. The van der Waals surface area contributed by atoms with E-state index < -0.39 is 23.9 Å². The lowest BCUT2D eigenvalue weighted by Gasteiger charge is -2.15. The third-order valence-electron chi connectivity index (χ3n) is 4.53. The van der Waals surface area contributed by atoms with Crippen LogP contribution in [0.2, 0.25) is 5.02 Å². The Bertz CT molecular complexity index is 1010. The molecular weight excluding hydrogens is 449 g/mol. The van der Waals surface area contributed by atoms with Crippen LogP contribution in [-0.2, 0) is 14.3 Å². The molecule has 0 aliphatic carbocycles. The molecule has 0 aromatic heterocycles. The molecule has 1 aliphatic heterocycles. The summed E-state index contributed by atoms with van der Waals surface area (Å²) in [6, 6.07) is 11.3. The number of anilines is 1. The van der Waals surface area contributed by atoms with Crippen LogP contribution >= 0.6 is 11.6 Å². The first-order chi connectivity index (χ1) is 15.2. The highest BCUT2D eigenvalue weighted by atomic mass is 35.5. The van der Waals surface area contributed by atoms with Crippen LogP contribution in [0.5, 0.6) is 5.75 Å². The minimum atomic E-state index is -4.81. The third-order valence-corrected chi connectivity index (χ3v) is 4.78. The second-order valence-corrected chi connectivity index (χ2v) is 7.20. The summed E-state index contributed by atoms with van der Waals surface area (Å²) in [6.07, 6.45) is -4.34. The molecule has 1 aliphatic rings. The van der Waals surface area contributed by atoms with E-state index in [0.717, 1.165) is 17.0 Å². The molecule has 6 nitrogen and oxygen atoms in total. The largest absolute Gasteiger partial charge is 0.573 e. The molecule has 3 rings (SSSR count). The van der Waals surface area contributed by atoms with Gasteiger partial charge in [0, 0.05) is 30.5 Å². The predicted molar refractivity (Wildman–Crippen MR) is 113 cm³/mol. The van der Waals surface area contributed by atoms with E-state index >= 15 is 0 Å². The molecule has 2 aromatic rings. The second kappa shape index (κ2) is 10.1. The van der Waals surface area contributed by atoms with E-state index in [1.54, 1.807) is 24.3 Å². The Hall–Kier alpha value is -3.04. The molecule has 0 fully saturated rings. The van der Waals surface area contributed by atoms with E-state index in [1.807, 2.05) is 6.92 Å². The van der Waals surface area contributed by atoms with Crippen LogP contribution in [0.4, 0.5) is 18.9 Å². The Morgan fingerprint density at radius 2 is 1.66 bits per heavy atom. The summed E-state index contributed by atoms with van der Waals surface area (Å²) in [5, 5.41) is 3.34. The number of hydrogen-bond donors (Lipinski definition) is 1. The lowest BCUT2D eigenvalue weighted by molar-refractivity contribution is -0.274. The van der Waals surface area contributed by atoms with Crippen molar-refractivity contribution in [2.24, 2.45) is 0 Å². The van der Waals surface area contributed by atoms with Crippen molar-refractivity contribution in [1.82, 2.24) is 4.90 Å². The lowest BCUT2D eigenvalue weighted by atomic mass is 10.0. The van der Waals surface area contributed by atoms with E-state index in [4.69, 9.17) is 16.3 Å². The maximum Gasteiger partial charge on any atom is 0.573 e. The number of imide groups is 1. The monoisotopic (exact) mass is 468 g/mol. The third kappa shape index (κ3) is 5.80. The molecule has 0 spiro atoms. The Balaban J connectivity index is 1.88. The van der Waals surface area contributed by atoms with Crippen molar-refractivity contribution >= 4 is 34.7 Å². The quantitative estimate of drug-likeness (QED) is 0.420. The van der Waals surface area contributed by atoms with Gasteiger partial charge in [0.05, 0.1) is 5.57 Å². The van der Waals surface area contributed by atoms with Gasteiger partial charge in [0.2, 0.25) is 0 Å². The van der Waals surface area contributed by atoms with E-state index in [0.29, 0.717) is 35.9 Å². The molecule has 170 valence electrons. The molecular formula is C22H20ClF3N2O4. The van der Waals surface area contributed by atoms with Crippen molar-refractivity contribution in [3.05, 3.63) is 64.8 Å². The highest BCUT2D eigenvalue weighted by molar-refractivity contribution is 6.36. The Morgan fingerprint density at radius 3 is 2.25 bits per heavy atom. The number of hydrogen-bond acceptors (Lipinski definition) is 5. The fourth-order valence-electron chi connectivity index (χ4n) is 3.13. The van der Waals surface area contributed by atoms with E-state index in [1.165, 1.54) is 12.1 Å². The first-order valence-electron chi connectivity index (χ1n) is 9.76. The zero-order valence-corrected chi connectivity index (χ0v) is 17.8. The number of nitrogens with zero attached hydrogens (tertiary/aromatic N) is 1. The molecule has 0 saturated carbocycles. The lowest BCUT2D eigenvalue weighted by Crippen LogP contribution is -2.34. The minimum Gasteiger partial charge on any atom is -0.406 e. The molecule has 0 radical (unpaired) electrons. The van der Waals surface area contributed by atoms with Gasteiger partial charge in [0.15, 0.2) is 0 Å². The number of nitrogens with one attached hydrogen (secondary N) is 1. The number of benzene rings is 2. The van der Waals surface area contributed by atoms with Crippen LogP contribution in [0.25, 0.3) is 5.57 Å². The van der Waals surface area contributed by atoms with E-state index in [-0.39, 0.29) is 17.8 Å². The molecule has 10 heteroatoms. The van der Waals surface area contributed by atoms with E-state index in [2.05, 4.69) is 10.1 Å². The number of halogens is 4. The van der Waals surface area contributed by atoms with Gasteiger partial charge in [-0.1, -0.05) is 23.7 Å². The topological polar surface area (TPSA) is 67.9 Å². The Labute approximate surface area is 187 Å². The van der Waals surface area contributed by atoms with Gasteiger partial charge >= 0.3 is 6.36 Å². The summed E-state index contributed by atoms with van der Waals surface area (Å²) >= 11 is 5.94. The van der Waals surface area contributed by atoms with Crippen molar-refractivity contribution in [3.63, 3.8) is 0 Å². The number of alkyl halides is 3. The standard InChI is InChI=1S/C22H20ClF3N2O4/c1-2-31-13-3-12-28-20(29)18(14-4-6-15(23)7-5-14)19(21(28)30)27-16-8-10-17(11-9-16)32-22(24,25)26/h4-11,27H,2-3,12-13H2,1H3. The van der Waals surface area contributed by atoms with Gasteiger partial charge in [-0.2, -0.15) is 0 Å². The van der Waals surface area contributed by atoms with Crippen molar-refractivity contribution in [1.29, 1.82) is 0 Å². The predicted octanol–water partition coefficient (Wildman–Crippen LogP) is 4.86. The van der Waals surface area contributed by atoms with Gasteiger partial charge in [-0.15, -0.1) is 13.2 Å². The number of ether oxygens (including phenoxy) is 2. The summed E-state index contributed by atoms with van der Waals surface area (Å²) < 4.78 is 46.2. The van der Waals surface area contributed by atoms with Gasteiger partial charge in [0.25, 0.3) is 11.8 Å². The molecule has 0 atom stereocenters. The summed E-state index contributed by atoms with van der Waals surface area (Å²) in [6.45, 7) is 2.93. The summed E-state index contributed by atoms with van der Waals surface area (Å²) in [4.78, 5) is 27.2. The van der Waals surface area contributed by atoms with Gasteiger partial charge in [-0.25, -0.2) is 0 Å². The highest BCUT2D eigenvalue weighted by Gasteiger charge is 2.39. The minimum absolute atomic E-state index is 0.0261. The van der Waals surface area contributed by atoms with Crippen LogP contribution in [0.1, 0.15) is 18.9 Å². The fraction of sp³-hybridized carbons (Fsp3) is 0.273. The Kier molecular flexibility index (Phi) is 7.42. The maximum absolute atomic E-state index is 13.1. The SMILES string of the molecule is CCOCCCN1C(=O)C(Nc2ccc(OC(F)(F)F)cc2)=C(c2ccc(Cl)cc2)C1=O. The average Bonchev–Trinajstić information content (AvgIpc) is 2.96. The zero-order chi connectivity index (χ0) is 23.3. The molecule has 0 saturated heterocycles. The van der Waals surface area contributed by atoms with Crippen LogP contribution in [0.15, 0.2) is 54.2 Å². The fourth-order valence-corrected chi connectivity index (χ4v) is 3.26. The zero-order valence-electron chi connectivity index (χ0n) is 17.0. The normalized spacial score (nSPS) is 14.3. The molecule has 1 N–H and O–H groups in total. The summed E-state index contributed by atoms with van der Waals surface area (Å²) in [7, 11) is 0. The Morgan fingerprint density at radius 1 is 1.00 bits per heavy atom. The van der Waals surface area contributed by atoms with Crippen molar-refractivity contribution in [3.8, 4) is 5.75 Å². The summed E-state index contributed by atoms with van der Waals surface area (Å²) in [5.41, 5.74) is 0.981. The van der Waals surface area contributed by atoms with Crippen molar-refractivity contribution < 1.29 is 32.2 Å². The molecule has 0 bridgehead atoms. The maximum atomic E-state index is 13.1. The first-order valence-corrected chi connectivity index (χ1v) is 10.1.